The molecule has 1 aromatic carbocycles. The first-order valence-corrected chi connectivity index (χ1v) is 6.24. The fraction of sp³-hybridized carbons (Fsp3) is 0.188. The van der Waals surface area contributed by atoms with Crippen molar-refractivity contribution >= 4 is 11.0 Å². The summed E-state index contributed by atoms with van der Waals surface area (Å²) >= 11 is 0. The van der Waals surface area contributed by atoms with Crippen LogP contribution in [0.2, 0.25) is 0 Å². The minimum Gasteiger partial charge on any atom is -0.458 e. The average molecular weight is 253 g/mol. The quantitative estimate of drug-likeness (QED) is 0.760. The van der Waals surface area contributed by atoms with Gasteiger partial charge in [-0.25, -0.2) is 0 Å². The first-order chi connectivity index (χ1) is 9.16. The number of aliphatic hydroxyl groups excluding tert-OH is 1. The number of nitrogens with zero attached hydrogens (tertiary/aromatic N) is 1. The number of benzene rings is 1. The van der Waals surface area contributed by atoms with Gasteiger partial charge in [-0.3, -0.25) is 4.98 Å². The largest absolute Gasteiger partial charge is 0.458 e. The van der Waals surface area contributed by atoms with Gasteiger partial charge in [0.2, 0.25) is 0 Å². The normalized spacial score (nSPS) is 12.8. The van der Waals surface area contributed by atoms with Crippen molar-refractivity contribution in [3.05, 3.63) is 65.2 Å². The number of aromatic nitrogens is 1. The van der Waals surface area contributed by atoms with Crippen molar-refractivity contribution < 1.29 is 9.52 Å². The highest BCUT2D eigenvalue weighted by molar-refractivity contribution is 5.81. The molecule has 2 aromatic heterocycles. The summed E-state index contributed by atoms with van der Waals surface area (Å²) in [7, 11) is 0. The standard InChI is InChI=1S/C16H15NO2/c1-10-6-7-17-9-13(10)15(18)14-8-12-5-3-4-11(2)16(12)19-14/h3-9,15,18H,1-2H3. The molecule has 1 N–H and O–H groups in total. The van der Waals surface area contributed by atoms with Gasteiger partial charge in [-0.15, -0.1) is 0 Å². The van der Waals surface area contributed by atoms with Crippen LogP contribution in [0.15, 0.2) is 47.1 Å². The maximum Gasteiger partial charge on any atom is 0.138 e. The molecule has 3 heteroatoms. The molecular weight excluding hydrogens is 238 g/mol. The summed E-state index contributed by atoms with van der Waals surface area (Å²) in [5.74, 6) is 0.556. The van der Waals surface area contributed by atoms with Crippen molar-refractivity contribution in [1.82, 2.24) is 4.98 Å². The molecule has 0 spiro atoms. The average Bonchev–Trinajstić information content (AvgIpc) is 2.84. The van der Waals surface area contributed by atoms with Gasteiger partial charge in [0.15, 0.2) is 0 Å². The van der Waals surface area contributed by atoms with Crippen LogP contribution in [-0.2, 0) is 0 Å². The number of aliphatic hydroxyl groups is 1. The van der Waals surface area contributed by atoms with E-state index in [1.54, 1.807) is 12.4 Å². The molecule has 0 saturated heterocycles. The molecule has 3 rings (SSSR count). The second-order valence-electron chi connectivity index (χ2n) is 4.78. The van der Waals surface area contributed by atoms with Gasteiger partial charge in [0, 0.05) is 23.3 Å². The van der Waals surface area contributed by atoms with Gasteiger partial charge in [0.1, 0.15) is 17.4 Å². The minimum absolute atomic E-state index is 0.556. The zero-order chi connectivity index (χ0) is 13.4. The van der Waals surface area contributed by atoms with Gasteiger partial charge in [0.25, 0.3) is 0 Å². The molecule has 0 amide bonds. The number of hydrogen-bond acceptors (Lipinski definition) is 3. The maximum absolute atomic E-state index is 10.4. The van der Waals surface area contributed by atoms with E-state index in [0.717, 1.165) is 27.7 Å². The van der Waals surface area contributed by atoms with Crippen LogP contribution < -0.4 is 0 Å². The number of pyridine rings is 1. The van der Waals surface area contributed by atoms with E-state index in [4.69, 9.17) is 4.42 Å². The summed E-state index contributed by atoms with van der Waals surface area (Å²) in [4.78, 5) is 4.06. The third kappa shape index (κ3) is 2.02. The van der Waals surface area contributed by atoms with Crippen LogP contribution in [0.25, 0.3) is 11.0 Å². The molecular formula is C16H15NO2. The second kappa shape index (κ2) is 4.52. The lowest BCUT2D eigenvalue weighted by atomic mass is 10.0. The van der Waals surface area contributed by atoms with Crippen LogP contribution in [0.4, 0.5) is 0 Å². The first kappa shape index (κ1) is 11.9. The van der Waals surface area contributed by atoms with Crippen LogP contribution in [0, 0.1) is 13.8 Å². The number of fused-ring (bicyclic) bond motifs is 1. The van der Waals surface area contributed by atoms with Gasteiger partial charge in [-0.05, 0) is 37.1 Å². The summed E-state index contributed by atoms with van der Waals surface area (Å²) in [6, 6.07) is 9.74. The molecule has 0 aliphatic rings. The lowest BCUT2D eigenvalue weighted by Gasteiger charge is -2.10. The summed E-state index contributed by atoms with van der Waals surface area (Å²) in [6.07, 6.45) is 2.62. The Bertz CT molecular complexity index is 730. The van der Waals surface area contributed by atoms with E-state index in [2.05, 4.69) is 4.98 Å². The molecule has 96 valence electrons. The van der Waals surface area contributed by atoms with E-state index in [1.807, 2.05) is 44.2 Å². The molecule has 0 fully saturated rings. The van der Waals surface area contributed by atoms with Crippen molar-refractivity contribution in [2.75, 3.05) is 0 Å². The predicted octanol–water partition coefficient (Wildman–Crippen LogP) is 3.53. The highest BCUT2D eigenvalue weighted by Gasteiger charge is 2.18. The van der Waals surface area contributed by atoms with E-state index in [1.165, 1.54) is 0 Å². The van der Waals surface area contributed by atoms with Crippen LogP contribution >= 0.6 is 0 Å². The Morgan fingerprint density at radius 2 is 2.00 bits per heavy atom. The van der Waals surface area contributed by atoms with Crippen LogP contribution in [-0.4, -0.2) is 10.1 Å². The van der Waals surface area contributed by atoms with E-state index < -0.39 is 6.10 Å². The lowest BCUT2D eigenvalue weighted by Crippen LogP contribution is -2.01. The zero-order valence-corrected chi connectivity index (χ0v) is 10.9. The lowest BCUT2D eigenvalue weighted by molar-refractivity contribution is 0.191. The number of hydrogen-bond donors (Lipinski definition) is 1. The molecule has 0 saturated carbocycles. The highest BCUT2D eigenvalue weighted by atomic mass is 16.4. The van der Waals surface area contributed by atoms with Gasteiger partial charge >= 0.3 is 0 Å². The summed E-state index contributed by atoms with van der Waals surface area (Å²) in [6.45, 7) is 3.95. The second-order valence-corrected chi connectivity index (χ2v) is 4.78. The molecule has 1 atom stereocenters. The topological polar surface area (TPSA) is 46.3 Å². The van der Waals surface area contributed by atoms with Gasteiger partial charge in [-0.1, -0.05) is 18.2 Å². The third-order valence-corrected chi connectivity index (χ3v) is 3.40. The monoisotopic (exact) mass is 253 g/mol. The van der Waals surface area contributed by atoms with E-state index >= 15 is 0 Å². The Kier molecular flexibility index (Phi) is 2.84. The summed E-state index contributed by atoms with van der Waals surface area (Å²) in [5.41, 5.74) is 3.68. The maximum atomic E-state index is 10.4. The Hall–Kier alpha value is -2.13. The van der Waals surface area contributed by atoms with Crippen LogP contribution in [0.5, 0.6) is 0 Å². The van der Waals surface area contributed by atoms with Gasteiger partial charge < -0.3 is 9.52 Å². The molecule has 0 aliphatic carbocycles. The fourth-order valence-electron chi connectivity index (χ4n) is 2.28. The fourth-order valence-corrected chi connectivity index (χ4v) is 2.28. The first-order valence-electron chi connectivity index (χ1n) is 6.24. The molecule has 0 aliphatic heterocycles. The number of rotatable bonds is 2. The highest BCUT2D eigenvalue weighted by Crippen LogP contribution is 2.30. The smallest absolute Gasteiger partial charge is 0.138 e. The molecule has 19 heavy (non-hydrogen) atoms. The predicted molar refractivity (Wildman–Crippen MR) is 74.0 cm³/mol. The third-order valence-electron chi connectivity index (χ3n) is 3.40. The Labute approximate surface area is 111 Å². The van der Waals surface area contributed by atoms with E-state index in [-0.39, 0.29) is 0 Å². The SMILES string of the molecule is Cc1ccncc1C(O)c1cc2cccc(C)c2o1. The Morgan fingerprint density at radius 3 is 2.74 bits per heavy atom. The Morgan fingerprint density at radius 1 is 1.16 bits per heavy atom. The summed E-state index contributed by atoms with van der Waals surface area (Å²) in [5, 5.41) is 11.4. The number of furan rings is 1. The molecule has 3 aromatic rings. The summed E-state index contributed by atoms with van der Waals surface area (Å²) < 4.78 is 5.79. The molecule has 3 nitrogen and oxygen atoms in total. The molecule has 0 radical (unpaired) electrons. The van der Waals surface area contributed by atoms with Crippen molar-refractivity contribution in [2.45, 2.75) is 20.0 Å². The zero-order valence-electron chi connectivity index (χ0n) is 10.9. The van der Waals surface area contributed by atoms with Crippen molar-refractivity contribution in [2.24, 2.45) is 0 Å². The number of aryl methyl sites for hydroxylation is 2. The molecule has 1 unspecified atom stereocenters. The van der Waals surface area contributed by atoms with Crippen molar-refractivity contribution in [1.29, 1.82) is 0 Å². The molecule has 2 heterocycles. The van der Waals surface area contributed by atoms with Crippen molar-refractivity contribution in [3.8, 4) is 0 Å². The van der Waals surface area contributed by atoms with Gasteiger partial charge in [0.05, 0.1) is 0 Å². The van der Waals surface area contributed by atoms with Gasteiger partial charge in [-0.2, -0.15) is 0 Å². The van der Waals surface area contributed by atoms with Crippen molar-refractivity contribution in [3.63, 3.8) is 0 Å². The molecule has 0 bridgehead atoms. The van der Waals surface area contributed by atoms with Crippen LogP contribution in [0.3, 0.4) is 0 Å². The van der Waals surface area contributed by atoms with Crippen LogP contribution in [0.1, 0.15) is 28.6 Å². The Balaban J connectivity index is 2.10. The number of para-hydroxylation sites is 1. The van der Waals surface area contributed by atoms with E-state index in [0.29, 0.717) is 5.76 Å². The minimum atomic E-state index is -0.777. The van der Waals surface area contributed by atoms with E-state index in [9.17, 15) is 5.11 Å².